The van der Waals surface area contributed by atoms with Crippen LogP contribution in [0, 0.1) is 12.7 Å². The maximum atomic E-state index is 13.3. The Bertz CT molecular complexity index is 1090. The summed E-state index contributed by atoms with van der Waals surface area (Å²) in [6.45, 7) is 2.91. The number of halogens is 1. The Balaban J connectivity index is 1.96. The van der Waals surface area contributed by atoms with Crippen LogP contribution in [0.5, 0.6) is 0 Å². The molecular formula is C20H19FN2O5S. The fourth-order valence-corrected chi connectivity index (χ4v) is 4.08. The van der Waals surface area contributed by atoms with Gasteiger partial charge in [-0.25, -0.2) is 17.8 Å². The second-order valence-electron chi connectivity index (χ2n) is 6.07. The lowest BCUT2D eigenvalue weighted by molar-refractivity contribution is -0.141. The summed E-state index contributed by atoms with van der Waals surface area (Å²) >= 11 is 0. The zero-order chi connectivity index (χ0) is 21.0. The first-order chi connectivity index (χ1) is 13.8. The van der Waals surface area contributed by atoms with Crippen molar-refractivity contribution in [3.8, 4) is 11.3 Å². The van der Waals surface area contributed by atoms with E-state index < -0.39 is 28.4 Å². The van der Waals surface area contributed by atoms with Crippen LogP contribution >= 0.6 is 0 Å². The molecule has 0 aliphatic carbocycles. The predicted molar refractivity (Wildman–Crippen MR) is 104 cm³/mol. The first-order valence-corrected chi connectivity index (χ1v) is 10.2. The van der Waals surface area contributed by atoms with Crippen LogP contribution in [0.3, 0.4) is 0 Å². The van der Waals surface area contributed by atoms with Gasteiger partial charge in [0.05, 0.1) is 17.2 Å². The van der Waals surface area contributed by atoms with Crippen LogP contribution in [0.2, 0.25) is 0 Å². The number of hydrogen-bond acceptors (Lipinski definition) is 6. The van der Waals surface area contributed by atoms with Crippen LogP contribution in [0.25, 0.3) is 11.3 Å². The van der Waals surface area contributed by atoms with E-state index in [4.69, 9.17) is 9.15 Å². The Labute approximate surface area is 167 Å². The lowest BCUT2D eigenvalue weighted by atomic mass is 10.2. The van der Waals surface area contributed by atoms with E-state index in [1.54, 1.807) is 26.0 Å². The van der Waals surface area contributed by atoms with E-state index in [1.165, 1.54) is 30.5 Å². The lowest BCUT2D eigenvalue weighted by Crippen LogP contribution is -2.36. The number of anilines is 1. The van der Waals surface area contributed by atoms with E-state index in [2.05, 4.69) is 4.98 Å². The maximum absolute atomic E-state index is 13.3. The average molecular weight is 418 g/mol. The number of sulfonamides is 1. The number of aryl methyl sites for hydroxylation is 1. The lowest BCUT2D eigenvalue weighted by Gasteiger charge is -2.23. The van der Waals surface area contributed by atoms with E-state index in [-0.39, 0.29) is 17.2 Å². The largest absolute Gasteiger partial charge is 0.465 e. The molecule has 0 amide bonds. The standard InChI is InChI=1S/C20H19FN2O5S/c1-3-27-20(24)12-23(17-8-6-16(21)7-9-17)29(25,26)18-10-4-15(5-11-18)19-13-28-14(2)22-19/h4-11,13H,3,12H2,1-2H3. The fraction of sp³-hybridized carbons (Fsp3) is 0.200. The molecule has 3 aromatic rings. The molecule has 0 aliphatic rings. The van der Waals surface area contributed by atoms with Crippen molar-refractivity contribution in [1.82, 2.24) is 4.98 Å². The molecule has 152 valence electrons. The summed E-state index contributed by atoms with van der Waals surface area (Å²) in [6.07, 6.45) is 1.48. The van der Waals surface area contributed by atoms with Crippen molar-refractivity contribution in [1.29, 1.82) is 0 Å². The quantitative estimate of drug-likeness (QED) is 0.545. The van der Waals surface area contributed by atoms with Gasteiger partial charge in [-0.2, -0.15) is 0 Å². The van der Waals surface area contributed by atoms with Gasteiger partial charge in [-0.05, 0) is 43.3 Å². The molecule has 2 aromatic carbocycles. The third-order valence-electron chi connectivity index (χ3n) is 4.05. The molecule has 7 nitrogen and oxygen atoms in total. The number of ether oxygens (including phenoxy) is 1. The summed E-state index contributed by atoms with van der Waals surface area (Å²) in [5, 5.41) is 0. The highest BCUT2D eigenvalue weighted by Crippen LogP contribution is 2.26. The first-order valence-electron chi connectivity index (χ1n) is 8.77. The third kappa shape index (κ3) is 4.62. The maximum Gasteiger partial charge on any atom is 0.326 e. The Morgan fingerprint density at radius 1 is 1.14 bits per heavy atom. The van der Waals surface area contributed by atoms with Gasteiger partial charge in [-0.3, -0.25) is 9.10 Å². The molecule has 0 atom stereocenters. The summed E-state index contributed by atoms with van der Waals surface area (Å²) in [7, 11) is -4.11. The number of carbonyl (C=O) groups is 1. The van der Waals surface area contributed by atoms with E-state index in [0.29, 0.717) is 17.1 Å². The molecule has 1 heterocycles. The predicted octanol–water partition coefficient (Wildman–Crippen LogP) is 3.55. The highest BCUT2D eigenvalue weighted by molar-refractivity contribution is 7.92. The highest BCUT2D eigenvalue weighted by atomic mass is 32.2. The summed E-state index contributed by atoms with van der Waals surface area (Å²) in [5.41, 5.74) is 1.41. The molecule has 29 heavy (non-hydrogen) atoms. The van der Waals surface area contributed by atoms with Crippen LogP contribution in [0.4, 0.5) is 10.1 Å². The van der Waals surface area contributed by atoms with Crippen molar-refractivity contribution < 1.29 is 26.8 Å². The Morgan fingerprint density at radius 3 is 2.34 bits per heavy atom. The Morgan fingerprint density at radius 2 is 1.79 bits per heavy atom. The topological polar surface area (TPSA) is 89.7 Å². The number of aromatic nitrogens is 1. The SMILES string of the molecule is CCOC(=O)CN(c1ccc(F)cc1)S(=O)(=O)c1ccc(-c2coc(C)n2)cc1. The minimum atomic E-state index is -4.11. The van der Waals surface area contributed by atoms with Gasteiger partial charge in [0.1, 0.15) is 24.3 Å². The summed E-state index contributed by atoms with van der Waals surface area (Å²) in [6, 6.07) is 10.8. The molecule has 0 radical (unpaired) electrons. The van der Waals surface area contributed by atoms with Gasteiger partial charge < -0.3 is 9.15 Å². The molecule has 0 saturated carbocycles. The number of carbonyl (C=O) groups excluding carboxylic acids is 1. The molecule has 0 saturated heterocycles. The normalized spacial score (nSPS) is 11.3. The van der Waals surface area contributed by atoms with E-state index in [9.17, 15) is 17.6 Å². The number of benzene rings is 2. The van der Waals surface area contributed by atoms with Crippen molar-refractivity contribution in [2.45, 2.75) is 18.7 Å². The number of nitrogens with zero attached hydrogens (tertiary/aromatic N) is 2. The molecule has 0 unspecified atom stereocenters. The highest BCUT2D eigenvalue weighted by Gasteiger charge is 2.28. The summed E-state index contributed by atoms with van der Waals surface area (Å²) in [5.74, 6) is -0.738. The van der Waals surface area contributed by atoms with Gasteiger partial charge in [0.25, 0.3) is 10.0 Å². The molecule has 0 bridgehead atoms. The van der Waals surface area contributed by atoms with Gasteiger partial charge >= 0.3 is 5.97 Å². The van der Waals surface area contributed by atoms with Gasteiger partial charge in [0.15, 0.2) is 5.89 Å². The van der Waals surface area contributed by atoms with Crippen LogP contribution in [-0.4, -0.2) is 32.5 Å². The summed E-state index contributed by atoms with van der Waals surface area (Å²) < 4.78 is 50.6. The minimum absolute atomic E-state index is 0.0323. The molecule has 0 fully saturated rings. The van der Waals surface area contributed by atoms with Gasteiger partial charge in [0, 0.05) is 12.5 Å². The molecule has 0 aliphatic heterocycles. The van der Waals surface area contributed by atoms with Gasteiger partial charge in [0.2, 0.25) is 0 Å². The zero-order valence-electron chi connectivity index (χ0n) is 15.8. The van der Waals surface area contributed by atoms with E-state index >= 15 is 0 Å². The Kier molecular flexibility index (Phi) is 5.97. The number of hydrogen-bond donors (Lipinski definition) is 0. The van der Waals surface area contributed by atoms with Crippen LogP contribution in [0.1, 0.15) is 12.8 Å². The van der Waals surface area contributed by atoms with Crippen molar-refractivity contribution >= 4 is 21.7 Å². The second kappa shape index (κ2) is 8.44. The van der Waals surface area contributed by atoms with Crippen molar-refractivity contribution in [2.75, 3.05) is 17.5 Å². The molecule has 1 aromatic heterocycles. The van der Waals surface area contributed by atoms with Gasteiger partial charge in [-0.15, -0.1) is 0 Å². The van der Waals surface area contributed by atoms with Crippen molar-refractivity contribution in [3.05, 3.63) is 66.5 Å². The molecular weight excluding hydrogens is 399 g/mol. The molecule has 3 rings (SSSR count). The van der Waals surface area contributed by atoms with E-state index in [1.807, 2.05) is 0 Å². The summed E-state index contributed by atoms with van der Waals surface area (Å²) in [4.78, 5) is 16.2. The molecule has 9 heteroatoms. The third-order valence-corrected chi connectivity index (χ3v) is 5.84. The molecule has 0 spiro atoms. The average Bonchev–Trinajstić information content (AvgIpc) is 3.13. The number of esters is 1. The van der Waals surface area contributed by atoms with Crippen molar-refractivity contribution in [3.63, 3.8) is 0 Å². The van der Waals surface area contributed by atoms with Crippen LogP contribution < -0.4 is 4.31 Å². The van der Waals surface area contributed by atoms with Crippen LogP contribution in [-0.2, 0) is 19.6 Å². The van der Waals surface area contributed by atoms with E-state index in [0.717, 1.165) is 16.4 Å². The first kappa shape index (κ1) is 20.5. The van der Waals surface area contributed by atoms with Crippen LogP contribution in [0.15, 0.2) is 64.1 Å². The second-order valence-corrected chi connectivity index (χ2v) is 7.93. The number of oxazole rings is 1. The molecule has 0 N–H and O–H groups in total. The fourth-order valence-electron chi connectivity index (χ4n) is 2.67. The monoisotopic (exact) mass is 418 g/mol. The van der Waals surface area contributed by atoms with Gasteiger partial charge in [-0.1, -0.05) is 12.1 Å². The Hall–Kier alpha value is -3.20. The number of rotatable bonds is 7. The minimum Gasteiger partial charge on any atom is -0.465 e. The smallest absolute Gasteiger partial charge is 0.326 e. The van der Waals surface area contributed by atoms with Crippen molar-refractivity contribution in [2.24, 2.45) is 0 Å². The zero-order valence-corrected chi connectivity index (χ0v) is 16.6.